The summed E-state index contributed by atoms with van der Waals surface area (Å²) in [5.74, 6) is 0.313. The van der Waals surface area contributed by atoms with Gasteiger partial charge in [0.1, 0.15) is 18.2 Å². The highest BCUT2D eigenvalue weighted by Gasteiger charge is 2.07. The number of aryl methyl sites for hydroxylation is 1. The second kappa shape index (κ2) is 8.13. The number of halogens is 1. The van der Waals surface area contributed by atoms with E-state index in [-0.39, 0.29) is 12.4 Å². The van der Waals surface area contributed by atoms with E-state index in [0.717, 1.165) is 16.7 Å². The molecule has 0 bridgehead atoms. The van der Waals surface area contributed by atoms with Crippen LogP contribution in [-0.4, -0.2) is 0 Å². The third-order valence-electron chi connectivity index (χ3n) is 4.04. The summed E-state index contributed by atoms with van der Waals surface area (Å²) in [5, 5.41) is 9.54. The first-order valence-electron chi connectivity index (χ1n) is 8.31. The first kappa shape index (κ1) is 17.4. The van der Waals surface area contributed by atoms with Crippen LogP contribution in [0.1, 0.15) is 22.3 Å². The third kappa shape index (κ3) is 4.17. The van der Waals surface area contributed by atoms with Crippen molar-refractivity contribution >= 4 is 11.6 Å². The minimum absolute atomic E-state index is 0.129. The van der Waals surface area contributed by atoms with Gasteiger partial charge >= 0.3 is 0 Å². The van der Waals surface area contributed by atoms with Crippen LogP contribution in [0, 0.1) is 24.1 Å². The van der Waals surface area contributed by atoms with Gasteiger partial charge in [-0.25, -0.2) is 4.39 Å². The van der Waals surface area contributed by atoms with E-state index in [1.807, 2.05) is 55.5 Å². The Hall–Kier alpha value is -3.38. The third-order valence-corrected chi connectivity index (χ3v) is 4.04. The van der Waals surface area contributed by atoms with E-state index < -0.39 is 0 Å². The molecule has 0 saturated heterocycles. The predicted molar refractivity (Wildman–Crippen MR) is 102 cm³/mol. The lowest BCUT2D eigenvalue weighted by molar-refractivity contribution is 0.299. The monoisotopic (exact) mass is 343 g/mol. The van der Waals surface area contributed by atoms with Crippen molar-refractivity contribution in [1.29, 1.82) is 5.26 Å². The van der Waals surface area contributed by atoms with Gasteiger partial charge < -0.3 is 4.74 Å². The summed E-state index contributed by atoms with van der Waals surface area (Å²) in [6.45, 7) is 2.13. The highest BCUT2D eigenvalue weighted by Crippen LogP contribution is 2.25. The number of nitrogens with zero attached hydrogens (tertiary/aromatic N) is 1. The molecular formula is C23H18FNO. The number of hydrogen-bond donors (Lipinski definition) is 0. The molecule has 26 heavy (non-hydrogen) atoms. The van der Waals surface area contributed by atoms with Crippen LogP contribution < -0.4 is 4.74 Å². The van der Waals surface area contributed by atoms with Crippen molar-refractivity contribution in [2.75, 3.05) is 0 Å². The molecular weight excluding hydrogens is 325 g/mol. The first-order valence-corrected chi connectivity index (χ1v) is 8.31. The van der Waals surface area contributed by atoms with E-state index >= 15 is 0 Å². The lowest BCUT2D eigenvalue weighted by Crippen LogP contribution is -1.99. The van der Waals surface area contributed by atoms with Gasteiger partial charge in [-0.15, -0.1) is 0 Å². The molecule has 0 atom stereocenters. The second-order valence-electron chi connectivity index (χ2n) is 5.95. The molecule has 3 rings (SSSR count). The Morgan fingerprint density at radius 2 is 1.69 bits per heavy atom. The van der Waals surface area contributed by atoms with E-state index in [1.54, 1.807) is 24.3 Å². The van der Waals surface area contributed by atoms with Gasteiger partial charge in [0.15, 0.2) is 0 Å². The van der Waals surface area contributed by atoms with Crippen LogP contribution in [-0.2, 0) is 6.61 Å². The zero-order chi connectivity index (χ0) is 18.4. The van der Waals surface area contributed by atoms with Crippen LogP contribution in [0.15, 0.2) is 72.8 Å². The summed E-state index contributed by atoms with van der Waals surface area (Å²) < 4.78 is 19.6. The number of para-hydroxylation sites is 1. The Bertz CT molecular complexity index is 968. The van der Waals surface area contributed by atoms with Crippen LogP contribution in [0.2, 0.25) is 0 Å². The molecule has 0 aromatic heterocycles. The van der Waals surface area contributed by atoms with Crippen molar-refractivity contribution < 1.29 is 9.13 Å². The largest absolute Gasteiger partial charge is 0.488 e. The summed E-state index contributed by atoms with van der Waals surface area (Å²) in [5.41, 5.74) is 3.81. The number of rotatable bonds is 5. The van der Waals surface area contributed by atoms with Gasteiger partial charge in [0.05, 0.1) is 11.6 Å². The maximum absolute atomic E-state index is 13.8. The van der Waals surface area contributed by atoms with Crippen molar-refractivity contribution in [3.63, 3.8) is 0 Å². The summed E-state index contributed by atoms with van der Waals surface area (Å²) in [4.78, 5) is 0. The molecule has 3 heteroatoms. The van der Waals surface area contributed by atoms with E-state index in [2.05, 4.69) is 6.07 Å². The number of allylic oxidation sites excluding steroid dienone is 1. The Morgan fingerprint density at radius 1 is 1.00 bits per heavy atom. The van der Waals surface area contributed by atoms with Gasteiger partial charge in [0.25, 0.3) is 0 Å². The number of nitriles is 1. The van der Waals surface area contributed by atoms with Crippen LogP contribution in [0.25, 0.3) is 11.6 Å². The van der Waals surface area contributed by atoms with Crippen molar-refractivity contribution in [3.05, 3.63) is 101 Å². The molecule has 0 amide bonds. The smallest absolute Gasteiger partial charge is 0.129 e. The molecule has 0 saturated carbocycles. The van der Waals surface area contributed by atoms with Gasteiger partial charge in [-0.3, -0.25) is 0 Å². The Labute approximate surface area is 152 Å². The summed E-state index contributed by atoms with van der Waals surface area (Å²) in [7, 11) is 0. The standard InChI is InChI=1S/C23H18FNO/c1-17-10-12-18(13-11-17)21(15-25)14-19-6-3-5-9-23(19)26-16-20-7-2-4-8-22(20)24/h2-14H,16H2,1H3/b21-14+. The Morgan fingerprint density at radius 3 is 2.42 bits per heavy atom. The fourth-order valence-electron chi connectivity index (χ4n) is 2.57. The highest BCUT2D eigenvalue weighted by atomic mass is 19.1. The lowest BCUT2D eigenvalue weighted by atomic mass is 10.0. The van der Waals surface area contributed by atoms with Crippen LogP contribution in [0.4, 0.5) is 4.39 Å². The maximum Gasteiger partial charge on any atom is 0.129 e. The topological polar surface area (TPSA) is 33.0 Å². The zero-order valence-corrected chi connectivity index (χ0v) is 14.4. The number of ether oxygens (including phenoxy) is 1. The normalized spacial score (nSPS) is 11.0. The molecule has 0 unspecified atom stereocenters. The SMILES string of the molecule is Cc1ccc(/C(C#N)=C/c2ccccc2OCc2ccccc2F)cc1. The second-order valence-corrected chi connectivity index (χ2v) is 5.95. The molecule has 128 valence electrons. The van der Waals surface area contributed by atoms with Crippen LogP contribution >= 0.6 is 0 Å². The molecule has 0 spiro atoms. The first-order chi connectivity index (χ1) is 12.7. The lowest BCUT2D eigenvalue weighted by Gasteiger charge is -2.10. The summed E-state index contributed by atoms with van der Waals surface area (Å²) in [6, 6.07) is 24.0. The van der Waals surface area contributed by atoms with Gasteiger partial charge in [-0.05, 0) is 30.7 Å². The van der Waals surface area contributed by atoms with E-state index in [1.165, 1.54) is 6.07 Å². The quantitative estimate of drug-likeness (QED) is 0.435. The molecule has 3 aromatic carbocycles. The van der Waals surface area contributed by atoms with Crippen molar-refractivity contribution in [1.82, 2.24) is 0 Å². The molecule has 0 aliphatic carbocycles. The molecule has 0 N–H and O–H groups in total. The van der Waals surface area contributed by atoms with Gasteiger partial charge in [-0.1, -0.05) is 66.2 Å². The van der Waals surface area contributed by atoms with E-state index in [4.69, 9.17) is 4.74 Å². The summed E-state index contributed by atoms with van der Waals surface area (Å²) in [6.07, 6.45) is 1.79. The predicted octanol–water partition coefficient (Wildman–Crippen LogP) is 5.78. The van der Waals surface area contributed by atoms with Crippen LogP contribution in [0.5, 0.6) is 5.75 Å². The van der Waals surface area contributed by atoms with Crippen molar-refractivity contribution in [3.8, 4) is 11.8 Å². The van der Waals surface area contributed by atoms with Gasteiger partial charge in [-0.2, -0.15) is 5.26 Å². The number of hydrogen-bond acceptors (Lipinski definition) is 2. The van der Waals surface area contributed by atoms with Crippen molar-refractivity contribution in [2.45, 2.75) is 13.5 Å². The van der Waals surface area contributed by atoms with Crippen molar-refractivity contribution in [2.24, 2.45) is 0 Å². The fraction of sp³-hybridized carbons (Fsp3) is 0.0870. The average molecular weight is 343 g/mol. The molecule has 0 radical (unpaired) electrons. The number of benzene rings is 3. The van der Waals surface area contributed by atoms with Crippen LogP contribution in [0.3, 0.4) is 0 Å². The minimum Gasteiger partial charge on any atom is -0.488 e. The molecule has 0 heterocycles. The maximum atomic E-state index is 13.8. The highest BCUT2D eigenvalue weighted by molar-refractivity contribution is 5.90. The minimum atomic E-state index is -0.294. The Kier molecular flexibility index (Phi) is 5.46. The molecule has 0 aliphatic heterocycles. The summed E-state index contributed by atoms with van der Waals surface area (Å²) >= 11 is 0. The molecule has 3 aromatic rings. The zero-order valence-electron chi connectivity index (χ0n) is 14.4. The fourth-order valence-corrected chi connectivity index (χ4v) is 2.57. The average Bonchev–Trinajstić information content (AvgIpc) is 2.67. The molecule has 0 aliphatic rings. The molecule has 2 nitrogen and oxygen atoms in total. The van der Waals surface area contributed by atoms with Gasteiger partial charge in [0, 0.05) is 11.1 Å². The Balaban J connectivity index is 1.87. The molecule has 0 fully saturated rings. The van der Waals surface area contributed by atoms with E-state index in [9.17, 15) is 9.65 Å². The van der Waals surface area contributed by atoms with E-state index in [0.29, 0.717) is 16.9 Å². The van der Waals surface area contributed by atoms with Gasteiger partial charge in [0.2, 0.25) is 0 Å².